The average molecular weight is 420 g/mol. The van der Waals surface area contributed by atoms with Gasteiger partial charge in [0.1, 0.15) is 0 Å². The van der Waals surface area contributed by atoms with Crippen LogP contribution in [0.4, 0.5) is 0 Å². The molecule has 1 heterocycles. The minimum absolute atomic E-state index is 0. The second kappa shape index (κ2) is 10.4. The standard InChI is InChI=1S/C23H33N3O2.ClH/c27-22(25-15-21-20-8-4-3-5-16(20)13-14-24-21)18-9-11-19(12-10-18)26-23(28)17-6-1-2-7-17;/h3-5,8,17-19,21,24H,1-2,6-7,9-15H2,(H,25,27)(H,26,28);1H. The summed E-state index contributed by atoms with van der Waals surface area (Å²) in [6.07, 6.45) is 9.09. The Balaban J connectivity index is 0.00000240. The zero-order valence-corrected chi connectivity index (χ0v) is 17.9. The summed E-state index contributed by atoms with van der Waals surface area (Å²) >= 11 is 0. The van der Waals surface area contributed by atoms with Crippen LogP contribution in [0, 0.1) is 11.8 Å². The zero-order valence-electron chi connectivity index (χ0n) is 17.1. The Kier molecular flexibility index (Phi) is 7.96. The number of carbonyl (C=O) groups is 2. The first-order valence-corrected chi connectivity index (χ1v) is 11.1. The van der Waals surface area contributed by atoms with E-state index in [9.17, 15) is 9.59 Å². The molecule has 2 fully saturated rings. The van der Waals surface area contributed by atoms with Gasteiger partial charge in [0.05, 0.1) is 0 Å². The number of amides is 2. The highest BCUT2D eigenvalue weighted by Crippen LogP contribution is 2.28. The Morgan fingerprint density at radius 3 is 2.38 bits per heavy atom. The molecule has 2 aliphatic carbocycles. The van der Waals surface area contributed by atoms with Crippen molar-refractivity contribution in [1.82, 2.24) is 16.0 Å². The number of rotatable bonds is 5. The molecule has 0 saturated heterocycles. The van der Waals surface area contributed by atoms with Crippen molar-refractivity contribution in [2.24, 2.45) is 11.8 Å². The lowest BCUT2D eigenvalue weighted by Gasteiger charge is -2.31. The summed E-state index contributed by atoms with van der Waals surface area (Å²) in [5.74, 6) is 0.725. The van der Waals surface area contributed by atoms with Crippen molar-refractivity contribution in [2.45, 2.75) is 69.9 Å². The normalized spacial score (nSPS) is 26.8. The van der Waals surface area contributed by atoms with Gasteiger partial charge in [0.2, 0.25) is 11.8 Å². The van der Waals surface area contributed by atoms with Gasteiger partial charge in [-0.1, -0.05) is 37.1 Å². The molecule has 2 saturated carbocycles. The molecule has 1 atom stereocenters. The van der Waals surface area contributed by atoms with E-state index in [1.807, 2.05) is 0 Å². The van der Waals surface area contributed by atoms with Gasteiger partial charge in [0.25, 0.3) is 0 Å². The summed E-state index contributed by atoms with van der Waals surface area (Å²) in [6, 6.07) is 8.97. The Hall–Kier alpha value is -1.59. The number of nitrogens with one attached hydrogen (secondary N) is 3. The van der Waals surface area contributed by atoms with Crippen LogP contribution < -0.4 is 16.0 Å². The van der Waals surface area contributed by atoms with Crippen molar-refractivity contribution in [3.8, 4) is 0 Å². The van der Waals surface area contributed by atoms with E-state index in [4.69, 9.17) is 0 Å². The van der Waals surface area contributed by atoms with Crippen molar-refractivity contribution in [3.05, 3.63) is 35.4 Å². The first kappa shape index (κ1) is 22.1. The quantitative estimate of drug-likeness (QED) is 0.685. The highest BCUT2D eigenvalue weighted by Gasteiger charge is 2.30. The van der Waals surface area contributed by atoms with Gasteiger partial charge in [-0.2, -0.15) is 0 Å². The number of halogens is 1. The van der Waals surface area contributed by atoms with Gasteiger partial charge < -0.3 is 16.0 Å². The first-order chi connectivity index (χ1) is 13.7. The maximum Gasteiger partial charge on any atom is 0.223 e. The van der Waals surface area contributed by atoms with Crippen molar-refractivity contribution < 1.29 is 9.59 Å². The van der Waals surface area contributed by atoms with Gasteiger partial charge in [-0.15, -0.1) is 12.4 Å². The molecule has 0 spiro atoms. The van der Waals surface area contributed by atoms with E-state index < -0.39 is 0 Å². The smallest absolute Gasteiger partial charge is 0.223 e. The van der Waals surface area contributed by atoms with Crippen LogP contribution >= 0.6 is 12.4 Å². The molecular weight excluding hydrogens is 386 g/mol. The topological polar surface area (TPSA) is 70.2 Å². The molecule has 2 amide bonds. The summed E-state index contributed by atoms with van der Waals surface area (Å²) in [5, 5.41) is 9.94. The molecule has 1 aromatic carbocycles. The summed E-state index contributed by atoms with van der Waals surface area (Å²) in [7, 11) is 0. The zero-order chi connectivity index (χ0) is 19.3. The fourth-order valence-electron chi connectivity index (χ4n) is 5.13. The van der Waals surface area contributed by atoms with Gasteiger partial charge in [-0.05, 0) is 62.6 Å². The molecule has 4 rings (SSSR count). The number of carbonyl (C=O) groups excluding carboxylic acids is 2. The summed E-state index contributed by atoms with van der Waals surface area (Å²) < 4.78 is 0. The average Bonchev–Trinajstić information content (AvgIpc) is 3.27. The van der Waals surface area contributed by atoms with Gasteiger partial charge >= 0.3 is 0 Å². The number of benzene rings is 1. The third-order valence-corrected chi connectivity index (χ3v) is 6.87. The second-order valence-electron chi connectivity index (χ2n) is 8.74. The van der Waals surface area contributed by atoms with Crippen LogP contribution in [0.1, 0.15) is 68.5 Å². The van der Waals surface area contributed by atoms with Crippen LogP contribution in [0.15, 0.2) is 24.3 Å². The maximum absolute atomic E-state index is 12.7. The highest BCUT2D eigenvalue weighted by atomic mass is 35.5. The Bertz CT molecular complexity index is 697. The fourth-order valence-corrected chi connectivity index (χ4v) is 5.13. The lowest BCUT2D eigenvalue weighted by molar-refractivity contribution is -0.126. The second-order valence-corrected chi connectivity index (χ2v) is 8.74. The highest BCUT2D eigenvalue weighted by molar-refractivity contribution is 5.85. The molecular formula is C23H34ClN3O2. The molecule has 0 bridgehead atoms. The third kappa shape index (κ3) is 5.52. The van der Waals surface area contributed by atoms with Gasteiger partial charge in [-0.25, -0.2) is 0 Å². The molecule has 1 unspecified atom stereocenters. The molecule has 29 heavy (non-hydrogen) atoms. The molecule has 6 heteroatoms. The summed E-state index contributed by atoms with van der Waals surface area (Å²) in [5.41, 5.74) is 2.70. The SMILES string of the molecule is Cl.O=C(NCC1NCCc2ccccc21)C1CCC(NC(=O)C2CCCC2)CC1. The predicted octanol–water partition coefficient (Wildman–Crippen LogP) is 3.28. The van der Waals surface area contributed by atoms with E-state index in [2.05, 4.69) is 40.2 Å². The van der Waals surface area contributed by atoms with Crippen LogP contribution in [0.5, 0.6) is 0 Å². The van der Waals surface area contributed by atoms with E-state index in [1.54, 1.807) is 0 Å². The largest absolute Gasteiger partial charge is 0.354 e. The Labute approximate surface area is 180 Å². The van der Waals surface area contributed by atoms with E-state index in [0.29, 0.717) is 6.54 Å². The fraction of sp³-hybridized carbons (Fsp3) is 0.652. The van der Waals surface area contributed by atoms with Crippen molar-refractivity contribution >= 4 is 24.2 Å². The van der Waals surface area contributed by atoms with Gasteiger partial charge in [0.15, 0.2) is 0 Å². The maximum atomic E-state index is 12.7. The van der Waals surface area contributed by atoms with E-state index in [0.717, 1.165) is 51.5 Å². The Morgan fingerprint density at radius 1 is 0.931 bits per heavy atom. The van der Waals surface area contributed by atoms with Gasteiger partial charge in [-0.3, -0.25) is 9.59 Å². The van der Waals surface area contributed by atoms with Crippen molar-refractivity contribution in [3.63, 3.8) is 0 Å². The van der Waals surface area contributed by atoms with Crippen LogP contribution in [-0.2, 0) is 16.0 Å². The lowest BCUT2D eigenvalue weighted by atomic mass is 9.85. The molecule has 0 aromatic heterocycles. The van der Waals surface area contributed by atoms with Crippen LogP contribution in [0.3, 0.4) is 0 Å². The molecule has 1 aliphatic heterocycles. The number of fused-ring (bicyclic) bond motifs is 1. The third-order valence-electron chi connectivity index (χ3n) is 6.87. The van der Waals surface area contributed by atoms with Crippen molar-refractivity contribution in [1.29, 1.82) is 0 Å². The molecule has 1 aromatic rings. The van der Waals surface area contributed by atoms with Crippen molar-refractivity contribution in [2.75, 3.05) is 13.1 Å². The first-order valence-electron chi connectivity index (χ1n) is 11.1. The Morgan fingerprint density at radius 2 is 1.62 bits per heavy atom. The minimum Gasteiger partial charge on any atom is -0.354 e. The van der Waals surface area contributed by atoms with Crippen LogP contribution in [0.25, 0.3) is 0 Å². The summed E-state index contributed by atoms with van der Waals surface area (Å²) in [4.78, 5) is 25.0. The molecule has 3 aliphatic rings. The van der Waals surface area contributed by atoms with Crippen LogP contribution in [-0.4, -0.2) is 30.9 Å². The molecule has 0 radical (unpaired) electrons. The predicted molar refractivity (Wildman–Crippen MR) is 117 cm³/mol. The van der Waals surface area contributed by atoms with E-state index in [-0.39, 0.29) is 48.1 Å². The number of hydrogen-bond donors (Lipinski definition) is 3. The van der Waals surface area contributed by atoms with Crippen LogP contribution in [0.2, 0.25) is 0 Å². The van der Waals surface area contributed by atoms with Gasteiger partial charge in [0, 0.05) is 30.5 Å². The molecule has 160 valence electrons. The minimum atomic E-state index is 0. The monoisotopic (exact) mass is 419 g/mol. The molecule has 3 N–H and O–H groups in total. The van der Waals surface area contributed by atoms with E-state index >= 15 is 0 Å². The number of hydrogen-bond acceptors (Lipinski definition) is 3. The van der Waals surface area contributed by atoms with E-state index in [1.165, 1.54) is 24.0 Å². The lowest BCUT2D eigenvalue weighted by Crippen LogP contribution is -2.44. The molecule has 5 nitrogen and oxygen atoms in total. The summed E-state index contributed by atoms with van der Waals surface area (Å²) in [6.45, 7) is 1.61.